The van der Waals surface area contributed by atoms with Crippen molar-refractivity contribution in [3.8, 4) is 0 Å². The Labute approximate surface area is 154 Å². The highest BCUT2D eigenvalue weighted by Gasteiger charge is 2.41. The molecule has 10 heteroatoms. The Morgan fingerprint density at radius 3 is 2.11 bits per heavy atom. The number of carbonyl (C=O) groups excluding carboxylic acids is 4. The Morgan fingerprint density at radius 1 is 1.11 bits per heavy atom. The third-order valence-corrected chi connectivity index (χ3v) is 3.95. The van der Waals surface area contributed by atoms with Crippen molar-refractivity contribution in [1.82, 2.24) is 5.32 Å². The molecule has 0 radical (unpaired) electrons. The highest BCUT2D eigenvalue weighted by atomic mass is 19.1. The van der Waals surface area contributed by atoms with Crippen LogP contribution in [0.3, 0.4) is 0 Å². The quantitative estimate of drug-likeness (QED) is 0.481. The molecule has 2 amide bonds. The lowest BCUT2D eigenvalue weighted by molar-refractivity contribution is -0.162. The molecule has 0 saturated carbocycles. The van der Waals surface area contributed by atoms with Gasteiger partial charge in [-0.3, -0.25) is 19.2 Å². The van der Waals surface area contributed by atoms with Crippen molar-refractivity contribution in [3.63, 3.8) is 0 Å². The summed E-state index contributed by atoms with van der Waals surface area (Å²) in [7, 11) is 2.08. The van der Waals surface area contributed by atoms with Crippen molar-refractivity contribution in [1.29, 1.82) is 0 Å². The van der Waals surface area contributed by atoms with Gasteiger partial charge in [-0.1, -0.05) is 13.0 Å². The zero-order chi connectivity index (χ0) is 20.7. The number of halogens is 2. The molecule has 0 aromatic heterocycles. The number of methoxy groups -OCH3 is 2. The van der Waals surface area contributed by atoms with Gasteiger partial charge in [-0.15, -0.1) is 0 Å². The number of benzene rings is 1. The minimum atomic E-state index is -1.51. The monoisotopic (exact) mass is 386 g/mol. The van der Waals surface area contributed by atoms with E-state index >= 15 is 0 Å². The summed E-state index contributed by atoms with van der Waals surface area (Å²) in [4.78, 5) is 47.6. The Balaban J connectivity index is 2.99. The lowest BCUT2D eigenvalue weighted by Gasteiger charge is -2.26. The first-order valence-electron chi connectivity index (χ1n) is 7.80. The summed E-state index contributed by atoms with van der Waals surface area (Å²) in [6.07, 6.45) is -0.510. The normalized spacial score (nSPS) is 12.8. The molecule has 0 fully saturated rings. The van der Waals surface area contributed by atoms with Crippen molar-refractivity contribution in [3.05, 3.63) is 35.4 Å². The lowest BCUT2D eigenvalue weighted by atomic mass is 9.86. The van der Waals surface area contributed by atoms with E-state index in [1.165, 1.54) is 6.92 Å². The number of nitrogens with one attached hydrogen (secondary N) is 1. The molecule has 0 aliphatic heterocycles. The van der Waals surface area contributed by atoms with Gasteiger partial charge >= 0.3 is 11.9 Å². The molecule has 1 rings (SSSR count). The summed E-state index contributed by atoms with van der Waals surface area (Å²) in [6.45, 7) is 1.33. The third-order valence-electron chi connectivity index (χ3n) is 3.95. The fourth-order valence-electron chi connectivity index (χ4n) is 2.50. The SMILES string of the molecule is COC(=O)C(C(=O)OC)[C@H](C)[C@@H](NC(=O)Cc1ccc(F)cc1F)C(N)=O. The van der Waals surface area contributed by atoms with E-state index in [9.17, 15) is 28.0 Å². The van der Waals surface area contributed by atoms with Crippen LogP contribution in [0.25, 0.3) is 0 Å². The van der Waals surface area contributed by atoms with E-state index in [1.54, 1.807) is 0 Å². The number of nitrogens with two attached hydrogens (primary N) is 1. The third kappa shape index (κ3) is 5.73. The molecule has 0 heterocycles. The lowest BCUT2D eigenvalue weighted by Crippen LogP contribution is -2.53. The first kappa shape index (κ1) is 22.0. The number of rotatable bonds is 8. The number of amides is 2. The van der Waals surface area contributed by atoms with Crippen molar-refractivity contribution in [2.45, 2.75) is 19.4 Å². The maximum atomic E-state index is 13.7. The van der Waals surface area contributed by atoms with Crippen LogP contribution in [0.1, 0.15) is 12.5 Å². The first-order chi connectivity index (χ1) is 12.6. The Hall–Kier alpha value is -3.04. The first-order valence-corrected chi connectivity index (χ1v) is 7.80. The molecule has 2 atom stereocenters. The zero-order valence-corrected chi connectivity index (χ0v) is 15.0. The topological polar surface area (TPSA) is 125 Å². The fraction of sp³-hybridized carbons (Fsp3) is 0.412. The number of primary amides is 1. The van der Waals surface area contributed by atoms with Crippen LogP contribution in [0.4, 0.5) is 8.78 Å². The molecular formula is C17H20F2N2O6. The molecule has 1 aromatic rings. The van der Waals surface area contributed by atoms with E-state index in [2.05, 4.69) is 14.8 Å². The second kappa shape index (κ2) is 9.60. The minimum Gasteiger partial charge on any atom is -0.468 e. The smallest absolute Gasteiger partial charge is 0.320 e. The van der Waals surface area contributed by atoms with E-state index in [1.807, 2.05) is 0 Å². The van der Waals surface area contributed by atoms with Crippen molar-refractivity contribution < 1.29 is 37.4 Å². The average Bonchev–Trinajstić information content (AvgIpc) is 2.61. The van der Waals surface area contributed by atoms with Gasteiger partial charge in [0.25, 0.3) is 0 Å². The van der Waals surface area contributed by atoms with E-state index in [-0.39, 0.29) is 5.56 Å². The second-order valence-electron chi connectivity index (χ2n) is 5.74. The van der Waals surface area contributed by atoms with E-state index in [4.69, 9.17) is 5.73 Å². The molecule has 0 unspecified atom stereocenters. The van der Waals surface area contributed by atoms with Crippen molar-refractivity contribution in [2.24, 2.45) is 17.6 Å². The van der Waals surface area contributed by atoms with E-state index in [0.717, 1.165) is 26.4 Å². The standard InChI is InChI=1S/C17H20F2N2O6/c1-8(13(16(24)26-2)17(25)27-3)14(15(20)23)21-12(22)6-9-4-5-10(18)7-11(9)19/h4-5,7-8,13-14H,6H2,1-3H3,(H2,20,23)(H,21,22)/t8-,14+/m0/s1. The molecule has 0 bridgehead atoms. The summed E-state index contributed by atoms with van der Waals surface area (Å²) in [5.74, 6) is -8.14. The number of hydrogen-bond acceptors (Lipinski definition) is 6. The number of hydrogen-bond donors (Lipinski definition) is 2. The van der Waals surface area contributed by atoms with Gasteiger partial charge in [-0.2, -0.15) is 0 Å². The van der Waals surface area contributed by atoms with Crippen LogP contribution in [0.5, 0.6) is 0 Å². The van der Waals surface area contributed by atoms with Gasteiger partial charge in [0, 0.05) is 12.0 Å². The van der Waals surface area contributed by atoms with Crippen molar-refractivity contribution in [2.75, 3.05) is 14.2 Å². The number of ether oxygens (including phenoxy) is 2. The molecule has 0 aliphatic rings. The second-order valence-corrected chi connectivity index (χ2v) is 5.74. The van der Waals surface area contributed by atoms with E-state index in [0.29, 0.717) is 6.07 Å². The minimum absolute atomic E-state index is 0.109. The molecule has 27 heavy (non-hydrogen) atoms. The molecular weight excluding hydrogens is 366 g/mol. The summed E-state index contributed by atoms with van der Waals surface area (Å²) in [6, 6.07) is 1.23. The summed E-state index contributed by atoms with van der Waals surface area (Å²) < 4.78 is 35.6. The number of carbonyl (C=O) groups is 4. The van der Waals surface area contributed by atoms with Crippen LogP contribution in [0.15, 0.2) is 18.2 Å². The molecule has 1 aromatic carbocycles. The maximum Gasteiger partial charge on any atom is 0.320 e. The maximum absolute atomic E-state index is 13.7. The van der Waals surface area contributed by atoms with E-state index < -0.39 is 59.7 Å². The van der Waals surface area contributed by atoms with Crippen LogP contribution in [-0.2, 0) is 35.1 Å². The predicted octanol–water partition coefficient (Wildman–Crippen LogP) is 0.0757. The average molecular weight is 386 g/mol. The van der Waals surface area contributed by atoms with Crippen LogP contribution >= 0.6 is 0 Å². The van der Waals surface area contributed by atoms with Crippen LogP contribution < -0.4 is 11.1 Å². The van der Waals surface area contributed by atoms with Crippen molar-refractivity contribution >= 4 is 23.8 Å². The molecule has 3 N–H and O–H groups in total. The van der Waals surface area contributed by atoms with Gasteiger partial charge in [-0.05, 0) is 11.6 Å². The largest absolute Gasteiger partial charge is 0.468 e. The van der Waals surface area contributed by atoms with Gasteiger partial charge in [0.05, 0.1) is 20.6 Å². The summed E-state index contributed by atoms with van der Waals surface area (Å²) in [5, 5.41) is 2.26. The van der Waals surface area contributed by atoms with Gasteiger partial charge in [0.1, 0.15) is 17.7 Å². The van der Waals surface area contributed by atoms with Crippen LogP contribution in [0.2, 0.25) is 0 Å². The molecule has 0 aliphatic carbocycles. The Kier molecular flexibility index (Phi) is 7.82. The van der Waals surface area contributed by atoms with Gasteiger partial charge in [0.2, 0.25) is 11.8 Å². The zero-order valence-electron chi connectivity index (χ0n) is 15.0. The Bertz CT molecular complexity index is 724. The molecule has 8 nitrogen and oxygen atoms in total. The summed E-state index contributed by atoms with van der Waals surface area (Å²) >= 11 is 0. The van der Waals surface area contributed by atoms with Gasteiger partial charge < -0.3 is 20.5 Å². The molecule has 0 spiro atoms. The molecule has 148 valence electrons. The van der Waals surface area contributed by atoms with Crippen LogP contribution in [-0.4, -0.2) is 44.0 Å². The number of esters is 2. The van der Waals surface area contributed by atoms with Gasteiger partial charge in [-0.25, -0.2) is 8.78 Å². The predicted molar refractivity (Wildman–Crippen MR) is 87.9 cm³/mol. The highest BCUT2D eigenvalue weighted by Crippen LogP contribution is 2.20. The highest BCUT2D eigenvalue weighted by molar-refractivity contribution is 5.97. The van der Waals surface area contributed by atoms with Gasteiger partial charge in [0.15, 0.2) is 5.92 Å². The Morgan fingerprint density at radius 2 is 1.67 bits per heavy atom. The summed E-state index contributed by atoms with van der Waals surface area (Å²) in [5.41, 5.74) is 5.16. The fourth-order valence-corrected chi connectivity index (χ4v) is 2.50. The molecule has 0 saturated heterocycles. The van der Waals surface area contributed by atoms with Crippen LogP contribution in [0, 0.1) is 23.5 Å².